The van der Waals surface area contributed by atoms with Crippen molar-refractivity contribution in [2.24, 2.45) is 0 Å². The van der Waals surface area contributed by atoms with Gasteiger partial charge < -0.3 is 21.5 Å². The number of benzene rings is 2. The van der Waals surface area contributed by atoms with Crippen LogP contribution in [0.1, 0.15) is 44.9 Å². The van der Waals surface area contributed by atoms with Gasteiger partial charge in [0.2, 0.25) is 11.9 Å². The number of aromatic nitrogens is 2. The number of nitrogens with two attached hydrogens (primary N) is 1. The summed E-state index contributed by atoms with van der Waals surface area (Å²) in [4.78, 5) is 31.5. The molecule has 1 aliphatic carbocycles. The lowest BCUT2D eigenvalue weighted by molar-refractivity contribution is -0.138. The zero-order valence-corrected chi connectivity index (χ0v) is 17.8. The molecule has 8 nitrogen and oxygen atoms in total. The third kappa shape index (κ3) is 5.32. The number of hydrogen-bond acceptors (Lipinski definition) is 6. The van der Waals surface area contributed by atoms with E-state index >= 15 is 0 Å². The maximum absolute atomic E-state index is 12.0. The lowest BCUT2D eigenvalue weighted by atomic mass is 9.95. The zero-order valence-electron chi connectivity index (χ0n) is 17.8. The Morgan fingerprint density at radius 1 is 1.00 bits per heavy atom. The summed E-state index contributed by atoms with van der Waals surface area (Å²) in [7, 11) is 0. The second-order valence-electron chi connectivity index (χ2n) is 8.16. The maximum Gasteiger partial charge on any atom is 0.303 e. The summed E-state index contributed by atoms with van der Waals surface area (Å²) in [5.74, 6) is -0.328. The number of rotatable bonds is 7. The van der Waals surface area contributed by atoms with Crippen LogP contribution in [0.4, 0.5) is 17.5 Å². The van der Waals surface area contributed by atoms with Gasteiger partial charge in [0, 0.05) is 23.5 Å². The molecule has 4 rings (SSSR count). The minimum Gasteiger partial charge on any atom is -0.481 e. The first kappa shape index (κ1) is 21.5. The van der Waals surface area contributed by atoms with Crippen LogP contribution in [0.3, 0.4) is 0 Å². The minimum atomic E-state index is -0.995. The van der Waals surface area contributed by atoms with Gasteiger partial charge in [-0.3, -0.25) is 9.59 Å². The maximum atomic E-state index is 12.0. The van der Waals surface area contributed by atoms with Gasteiger partial charge >= 0.3 is 5.97 Å². The smallest absolute Gasteiger partial charge is 0.303 e. The molecule has 32 heavy (non-hydrogen) atoms. The number of aliphatic carboxylic acids is 1. The summed E-state index contributed by atoms with van der Waals surface area (Å²) in [5, 5.41) is 16.0. The van der Waals surface area contributed by atoms with Crippen LogP contribution in [0.25, 0.3) is 22.0 Å². The van der Waals surface area contributed by atoms with Gasteiger partial charge in [0.1, 0.15) is 5.82 Å². The fraction of sp³-hybridized carbons (Fsp3) is 0.333. The zero-order chi connectivity index (χ0) is 22.5. The molecule has 0 unspecified atom stereocenters. The number of nitrogens with zero attached hydrogens (tertiary/aromatic N) is 2. The van der Waals surface area contributed by atoms with E-state index in [0.29, 0.717) is 11.7 Å². The van der Waals surface area contributed by atoms with Crippen molar-refractivity contribution in [3.63, 3.8) is 0 Å². The number of nitrogens with one attached hydrogen (secondary N) is 2. The number of amides is 1. The highest BCUT2D eigenvalue weighted by Crippen LogP contribution is 2.31. The van der Waals surface area contributed by atoms with Crippen LogP contribution in [0, 0.1) is 0 Å². The molecule has 0 atom stereocenters. The van der Waals surface area contributed by atoms with Gasteiger partial charge in [-0.25, -0.2) is 4.98 Å². The highest BCUT2D eigenvalue weighted by molar-refractivity contribution is 5.95. The van der Waals surface area contributed by atoms with Gasteiger partial charge in [-0.05, 0) is 48.2 Å². The van der Waals surface area contributed by atoms with Crippen molar-refractivity contribution in [3.8, 4) is 11.1 Å². The van der Waals surface area contributed by atoms with Crippen molar-refractivity contribution in [1.29, 1.82) is 0 Å². The molecule has 5 N–H and O–H groups in total. The SMILES string of the molecule is Nc1nc(NC2CCCCC2)c2cc(-c3cccc(NC(=O)CCC(=O)O)c3)ccc2n1. The lowest BCUT2D eigenvalue weighted by Crippen LogP contribution is -2.23. The monoisotopic (exact) mass is 433 g/mol. The minimum absolute atomic E-state index is 0.0650. The van der Waals surface area contributed by atoms with E-state index in [1.165, 1.54) is 19.3 Å². The number of carbonyl (C=O) groups excluding carboxylic acids is 1. The van der Waals surface area contributed by atoms with E-state index in [1.54, 1.807) is 6.07 Å². The average molecular weight is 434 g/mol. The fourth-order valence-corrected chi connectivity index (χ4v) is 4.10. The molecule has 1 saturated carbocycles. The van der Waals surface area contributed by atoms with Gasteiger partial charge in [0.25, 0.3) is 0 Å². The van der Waals surface area contributed by atoms with Gasteiger partial charge in [-0.2, -0.15) is 4.98 Å². The molecule has 0 saturated heterocycles. The molecule has 3 aromatic rings. The topological polar surface area (TPSA) is 130 Å². The fourth-order valence-electron chi connectivity index (χ4n) is 4.10. The Morgan fingerprint density at radius 3 is 2.56 bits per heavy atom. The Kier molecular flexibility index (Phi) is 6.49. The number of hydrogen-bond donors (Lipinski definition) is 4. The molecule has 0 spiro atoms. The average Bonchev–Trinajstić information content (AvgIpc) is 2.78. The normalized spacial score (nSPS) is 14.2. The Bertz CT molecular complexity index is 1140. The van der Waals surface area contributed by atoms with E-state index in [0.717, 1.165) is 40.7 Å². The summed E-state index contributed by atoms with van der Waals surface area (Å²) in [6.45, 7) is 0. The van der Waals surface area contributed by atoms with Crippen molar-refractivity contribution in [3.05, 3.63) is 42.5 Å². The predicted molar refractivity (Wildman–Crippen MR) is 125 cm³/mol. The van der Waals surface area contributed by atoms with E-state index in [4.69, 9.17) is 10.8 Å². The number of anilines is 3. The molecular formula is C24H27N5O3. The van der Waals surface area contributed by atoms with Crippen molar-refractivity contribution in [1.82, 2.24) is 9.97 Å². The molecule has 1 amide bonds. The summed E-state index contributed by atoms with van der Waals surface area (Å²) in [6, 6.07) is 13.8. The number of nitrogen functional groups attached to an aromatic ring is 1. The second kappa shape index (κ2) is 9.64. The van der Waals surface area contributed by atoms with Crippen molar-refractivity contribution < 1.29 is 14.7 Å². The summed E-state index contributed by atoms with van der Waals surface area (Å²) in [5.41, 5.74) is 9.22. The molecular weight excluding hydrogens is 406 g/mol. The van der Waals surface area contributed by atoms with Crippen molar-refractivity contribution in [2.45, 2.75) is 51.0 Å². The number of carboxylic acid groups (broad SMARTS) is 1. The van der Waals surface area contributed by atoms with Gasteiger partial charge in [0.15, 0.2) is 0 Å². The highest BCUT2D eigenvalue weighted by atomic mass is 16.4. The number of carboxylic acids is 1. The molecule has 1 heterocycles. The van der Waals surface area contributed by atoms with Crippen LogP contribution >= 0.6 is 0 Å². The van der Waals surface area contributed by atoms with Crippen molar-refractivity contribution >= 4 is 40.2 Å². The third-order valence-electron chi connectivity index (χ3n) is 5.70. The first-order chi connectivity index (χ1) is 15.5. The van der Waals surface area contributed by atoms with E-state index in [-0.39, 0.29) is 24.7 Å². The molecule has 8 heteroatoms. The van der Waals surface area contributed by atoms with E-state index in [2.05, 4.69) is 20.6 Å². The predicted octanol–water partition coefficient (Wildman–Crippen LogP) is 4.43. The van der Waals surface area contributed by atoms with Crippen LogP contribution in [-0.4, -0.2) is 33.0 Å². The Morgan fingerprint density at radius 2 is 1.78 bits per heavy atom. The summed E-state index contributed by atoms with van der Waals surface area (Å²) < 4.78 is 0. The summed E-state index contributed by atoms with van der Waals surface area (Å²) in [6.07, 6.45) is 5.68. The molecule has 0 radical (unpaired) electrons. The quantitative estimate of drug-likeness (QED) is 0.434. The number of carbonyl (C=O) groups is 2. The van der Waals surface area contributed by atoms with Crippen LogP contribution < -0.4 is 16.4 Å². The third-order valence-corrected chi connectivity index (χ3v) is 5.70. The molecule has 0 aliphatic heterocycles. The second-order valence-corrected chi connectivity index (χ2v) is 8.16. The van der Waals surface area contributed by atoms with E-state index in [9.17, 15) is 9.59 Å². The molecule has 0 bridgehead atoms. The Hall–Kier alpha value is -3.68. The largest absolute Gasteiger partial charge is 0.481 e. The standard InChI is InChI=1S/C24H27N5O3/c25-24-28-20-10-9-16(14-19(20)23(29-24)27-17-6-2-1-3-7-17)15-5-4-8-18(13-15)26-21(30)11-12-22(31)32/h4-5,8-10,13-14,17H,1-3,6-7,11-12H2,(H,26,30)(H,31,32)(H3,25,27,28,29). The van der Waals surface area contributed by atoms with Crippen molar-refractivity contribution in [2.75, 3.05) is 16.4 Å². The van der Waals surface area contributed by atoms with Crippen LogP contribution in [0.5, 0.6) is 0 Å². The summed E-state index contributed by atoms with van der Waals surface area (Å²) >= 11 is 0. The van der Waals surface area contributed by atoms with Crippen LogP contribution in [-0.2, 0) is 9.59 Å². The molecule has 1 fully saturated rings. The molecule has 166 valence electrons. The molecule has 1 aliphatic rings. The Labute approximate surface area is 186 Å². The van der Waals surface area contributed by atoms with E-state index in [1.807, 2.05) is 36.4 Å². The van der Waals surface area contributed by atoms with Gasteiger partial charge in [-0.15, -0.1) is 0 Å². The van der Waals surface area contributed by atoms with Crippen LogP contribution in [0.2, 0.25) is 0 Å². The molecule has 1 aromatic heterocycles. The first-order valence-electron chi connectivity index (χ1n) is 10.9. The van der Waals surface area contributed by atoms with Gasteiger partial charge in [0.05, 0.1) is 11.9 Å². The number of fused-ring (bicyclic) bond motifs is 1. The molecule has 2 aromatic carbocycles. The van der Waals surface area contributed by atoms with Gasteiger partial charge in [-0.1, -0.05) is 37.5 Å². The van der Waals surface area contributed by atoms with Crippen LogP contribution in [0.15, 0.2) is 42.5 Å². The first-order valence-corrected chi connectivity index (χ1v) is 10.9. The lowest BCUT2D eigenvalue weighted by Gasteiger charge is -2.24. The Balaban J connectivity index is 1.60. The highest BCUT2D eigenvalue weighted by Gasteiger charge is 2.16. The van der Waals surface area contributed by atoms with E-state index < -0.39 is 5.97 Å².